The summed E-state index contributed by atoms with van der Waals surface area (Å²) in [6.07, 6.45) is 3.91. The number of unbranched alkanes of at least 4 members (excludes halogenated alkanes) is 3. The van der Waals surface area contributed by atoms with E-state index in [0.29, 0.717) is 17.9 Å². The van der Waals surface area contributed by atoms with E-state index in [-0.39, 0.29) is 6.42 Å². The largest absolute Gasteiger partial charge is 0.649 e. The van der Waals surface area contributed by atoms with E-state index in [1.807, 2.05) is 0 Å². The zero-order chi connectivity index (χ0) is 18.0. The van der Waals surface area contributed by atoms with E-state index in [2.05, 4.69) is 6.92 Å². The molecule has 5 nitrogen and oxygen atoms in total. The van der Waals surface area contributed by atoms with Crippen molar-refractivity contribution in [2.75, 3.05) is 0 Å². The Morgan fingerprint density at radius 3 is 1.84 bits per heavy atom. The van der Waals surface area contributed by atoms with Crippen LogP contribution >= 0.6 is 7.82 Å². The maximum atomic E-state index is 13.0. The molecule has 2 aromatic rings. The summed E-state index contributed by atoms with van der Waals surface area (Å²) in [5, 5.41) is 0. The minimum absolute atomic E-state index is 0.181. The Morgan fingerprint density at radius 2 is 1.36 bits per heavy atom. The average molecular weight is 362 g/mol. The van der Waals surface area contributed by atoms with E-state index in [1.54, 1.807) is 60.7 Å². The molecule has 6 heteroatoms. The van der Waals surface area contributed by atoms with Gasteiger partial charge in [0.25, 0.3) is 0 Å². The van der Waals surface area contributed by atoms with Crippen molar-refractivity contribution in [3.63, 3.8) is 0 Å². The van der Waals surface area contributed by atoms with E-state index >= 15 is 0 Å². The third-order valence-electron chi connectivity index (χ3n) is 3.37. The first-order chi connectivity index (χ1) is 12.1. The lowest BCUT2D eigenvalue weighted by molar-refractivity contribution is -0.135. The normalized spacial score (nSPS) is 10.9. The molecule has 0 unspecified atom stereocenters. The number of hydrogen-bond acceptors (Lipinski definition) is 5. The molecular weight excluding hydrogens is 339 g/mol. The molecule has 0 aliphatic carbocycles. The third kappa shape index (κ3) is 7.02. The zero-order valence-electron chi connectivity index (χ0n) is 14.3. The summed E-state index contributed by atoms with van der Waals surface area (Å²) in [4.78, 5) is 12.0. The van der Waals surface area contributed by atoms with Crippen LogP contribution in [0.25, 0.3) is 0 Å². The van der Waals surface area contributed by atoms with Crippen LogP contribution in [0, 0.1) is 0 Å². The molecule has 0 N–H and O–H groups in total. The molecule has 2 rings (SSSR count). The van der Waals surface area contributed by atoms with Gasteiger partial charge in [0.1, 0.15) is 11.5 Å². The maximum absolute atomic E-state index is 13.0. The van der Waals surface area contributed by atoms with Crippen LogP contribution in [0.2, 0.25) is 0 Å². The molecule has 0 bridgehead atoms. The lowest BCUT2D eigenvalue weighted by Gasteiger charge is -2.18. The average Bonchev–Trinajstić information content (AvgIpc) is 2.60. The molecule has 0 spiro atoms. The van der Waals surface area contributed by atoms with Crippen molar-refractivity contribution < 1.29 is 22.9 Å². The van der Waals surface area contributed by atoms with Crippen molar-refractivity contribution in [2.45, 2.75) is 39.0 Å². The van der Waals surface area contributed by atoms with Crippen LogP contribution in [0.4, 0.5) is 0 Å². The predicted molar refractivity (Wildman–Crippen MR) is 96.6 cm³/mol. The minimum atomic E-state index is -4.12. The lowest BCUT2D eigenvalue weighted by atomic mass is 10.2. The minimum Gasteiger partial charge on any atom is -0.386 e. The molecule has 0 heterocycles. The maximum Gasteiger partial charge on any atom is 0.649 e. The summed E-state index contributed by atoms with van der Waals surface area (Å²) in [6.45, 7) is 2.09. The smallest absolute Gasteiger partial charge is 0.386 e. The standard InChI is InChI=1S/C19H23O5P/c1-2-3-4-11-16-19(20)24-25(21,22-17-12-7-5-8-13-17)23-18-14-9-6-10-15-18/h5-10,12-15H,2-4,11,16H2,1H3. The molecular formula is C19H23O5P. The Labute approximate surface area is 148 Å². The summed E-state index contributed by atoms with van der Waals surface area (Å²) in [5.41, 5.74) is 0. The van der Waals surface area contributed by atoms with Crippen molar-refractivity contribution in [1.82, 2.24) is 0 Å². The van der Waals surface area contributed by atoms with Crippen molar-refractivity contribution in [2.24, 2.45) is 0 Å². The number of hydrogen-bond donors (Lipinski definition) is 0. The van der Waals surface area contributed by atoms with Gasteiger partial charge < -0.3 is 13.6 Å². The summed E-state index contributed by atoms with van der Waals surface area (Å²) in [5.74, 6) is 0.0207. The number of phosphoric acid groups is 1. The van der Waals surface area contributed by atoms with Gasteiger partial charge in [0.15, 0.2) is 0 Å². The predicted octanol–water partition coefficient (Wildman–Crippen LogP) is 5.77. The third-order valence-corrected chi connectivity index (χ3v) is 4.67. The Morgan fingerprint density at radius 1 is 0.840 bits per heavy atom. The van der Waals surface area contributed by atoms with Crippen LogP contribution in [-0.4, -0.2) is 5.97 Å². The second-order valence-electron chi connectivity index (χ2n) is 5.53. The van der Waals surface area contributed by atoms with E-state index in [1.165, 1.54) is 0 Å². The van der Waals surface area contributed by atoms with Crippen molar-refractivity contribution in [1.29, 1.82) is 0 Å². The molecule has 0 aliphatic rings. The van der Waals surface area contributed by atoms with E-state index in [9.17, 15) is 9.36 Å². The van der Waals surface area contributed by atoms with Crippen molar-refractivity contribution in [3.05, 3.63) is 60.7 Å². The van der Waals surface area contributed by atoms with Gasteiger partial charge in [-0.1, -0.05) is 62.6 Å². The fourth-order valence-electron chi connectivity index (χ4n) is 2.14. The molecule has 0 aliphatic heterocycles. The fourth-order valence-corrected chi connectivity index (χ4v) is 3.36. The number of phosphoric ester groups is 1. The van der Waals surface area contributed by atoms with Gasteiger partial charge in [-0.3, -0.25) is 4.79 Å². The van der Waals surface area contributed by atoms with Gasteiger partial charge in [-0.2, -0.15) is 4.57 Å². The second-order valence-corrected chi connectivity index (χ2v) is 6.97. The van der Waals surface area contributed by atoms with Crippen molar-refractivity contribution in [3.8, 4) is 11.5 Å². The van der Waals surface area contributed by atoms with E-state index < -0.39 is 13.8 Å². The highest BCUT2D eigenvalue weighted by Gasteiger charge is 2.35. The number of rotatable bonds is 10. The molecule has 0 aromatic heterocycles. The molecule has 134 valence electrons. The van der Waals surface area contributed by atoms with Crippen LogP contribution < -0.4 is 9.05 Å². The summed E-state index contributed by atoms with van der Waals surface area (Å²) in [7, 11) is -4.12. The van der Waals surface area contributed by atoms with Crippen LogP contribution in [0.5, 0.6) is 11.5 Å². The van der Waals surface area contributed by atoms with Gasteiger partial charge in [-0.15, -0.1) is 0 Å². The Balaban J connectivity index is 2.06. The quantitative estimate of drug-likeness (QED) is 0.397. The SMILES string of the molecule is CCCCCCC(=O)OP(=O)(Oc1ccccc1)Oc1ccccc1. The molecule has 0 radical (unpaired) electrons. The van der Waals surface area contributed by atoms with Gasteiger partial charge in [0, 0.05) is 6.42 Å². The molecule has 25 heavy (non-hydrogen) atoms. The number of para-hydroxylation sites is 2. The topological polar surface area (TPSA) is 61.8 Å². The molecule has 2 aromatic carbocycles. The molecule has 0 atom stereocenters. The van der Waals surface area contributed by atoms with Gasteiger partial charge in [-0.25, -0.2) is 0 Å². The first kappa shape index (κ1) is 19.1. The molecule has 0 amide bonds. The Bertz CT molecular complexity index is 642. The Hall–Kier alpha value is -2.26. The van der Waals surface area contributed by atoms with Gasteiger partial charge >= 0.3 is 13.8 Å². The van der Waals surface area contributed by atoms with Crippen LogP contribution in [0.3, 0.4) is 0 Å². The Kier molecular flexibility index (Phi) is 7.55. The summed E-state index contributed by atoms with van der Waals surface area (Å²) >= 11 is 0. The monoisotopic (exact) mass is 362 g/mol. The van der Waals surface area contributed by atoms with E-state index in [4.69, 9.17) is 13.6 Å². The van der Waals surface area contributed by atoms with Crippen molar-refractivity contribution >= 4 is 13.8 Å². The lowest BCUT2D eigenvalue weighted by Crippen LogP contribution is -2.10. The van der Waals surface area contributed by atoms with Gasteiger partial charge in [0.05, 0.1) is 0 Å². The van der Waals surface area contributed by atoms with Crippen LogP contribution in [0.1, 0.15) is 39.0 Å². The highest BCUT2D eigenvalue weighted by atomic mass is 31.2. The van der Waals surface area contributed by atoms with E-state index in [0.717, 1.165) is 19.3 Å². The van der Waals surface area contributed by atoms with Gasteiger partial charge in [0.2, 0.25) is 0 Å². The van der Waals surface area contributed by atoms with Gasteiger partial charge in [-0.05, 0) is 30.7 Å². The van der Waals surface area contributed by atoms with Crippen LogP contribution in [-0.2, 0) is 13.9 Å². The molecule has 0 saturated carbocycles. The first-order valence-corrected chi connectivity index (χ1v) is 9.89. The zero-order valence-corrected chi connectivity index (χ0v) is 15.2. The highest BCUT2D eigenvalue weighted by Crippen LogP contribution is 2.49. The number of benzene rings is 2. The summed E-state index contributed by atoms with van der Waals surface area (Å²) < 4.78 is 28.9. The molecule has 0 saturated heterocycles. The molecule has 0 fully saturated rings. The number of carbonyl (C=O) groups excluding carboxylic acids is 1. The fraction of sp³-hybridized carbons (Fsp3) is 0.316. The summed E-state index contributed by atoms with van der Waals surface area (Å²) in [6, 6.07) is 17.0. The highest BCUT2D eigenvalue weighted by molar-refractivity contribution is 7.50. The van der Waals surface area contributed by atoms with Crippen LogP contribution in [0.15, 0.2) is 60.7 Å². The first-order valence-electron chi connectivity index (χ1n) is 8.43. The number of carbonyl (C=O) groups is 1. The second kappa shape index (κ2) is 9.90.